The van der Waals surface area contributed by atoms with Gasteiger partial charge in [0.15, 0.2) is 0 Å². The maximum absolute atomic E-state index is 10.1. The Labute approximate surface area is 128 Å². The number of nitrogens with zero attached hydrogens (tertiary/aromatic N) is 1. The highest BCUT2D eigenvalue weighted by atomic mass is 16.5. The van der Waals surface area contributed by atoms with E-state index in [0.717, 1.165) is 31.8 Å². The molecule has 1 aliphatic rings. The Bertz CT molecular complexity index is 402. The molecule has 4 heteroatoms. The van der Waals surface area contributed by atoms with E-state index in [4.69, 9.17) is 4.74 Å². The average molecular weight is 292 g/mol. The molecule has 1 aromatic rings. The van der Waals surface area contributed by atoms with Crippen LogP contribution in [0.4, 0.5) is 0 Å². The van der Waals surface area contributed by atoms with Crippen LogP contribution in [0, 0.1) is 0 Å². The fraction of sp³-hybridized carbons (Fsp3) is 0.647. The lowest BCUT2D eigenvalue weighted by Crippen LogP contribution is -2.40. The predicted molar refractivity (Wildman–Crippen MR) is 85.8 cm³/mol. The first-order valence-electron chi connectivity index (χ1n) is 7.94. The summed E-state index contributed by atoms with van der Waals surface area (Å²) in [5.41, 5.74) is 1.28. The number of aliphatic hydroxyl groups is 1. The van der Waals surface area contributed by atoms with Gasteiger partial charge < -0.3 is 20.1 Å². The van der Waals surface area contributed by atoms with Crippen molar-refractivity contribution in [3.63, 3.8) is 0 Å². The van der Waals surface area contributed by atoms with Crippen molar-refractivity contribution in [3.8, 4) is 5.75 Å². The van der Waals surface area contributed by atoms with Crippen LogP contribution in [-0.4, -0.2) is 55.4 Å². The topological polar surface area (TPSA) is 44.7 Å². The summed E-state index contributed by atoms with van der Waals surface area (Å²) in [6, 6.07) is 8.52. The van der Waals surface area contributed by atoms with Crippen molar-refractivity contribution in [1.29, 1.82) is 0 Å². The Morgan fingerprint density at radius 1 is 1.24 bits per heavy atom. The highest BCUT2D eigenvalue weighted by Gasteiger charge is 2.16. The van der Waals surface area contributed by atoms with E-state index in [9.17, 15) is 5.11 Å². The van der Waals surface area contributed by atoms with Crippen LogP contribution in [0.3, 0.4) is 0 Å². The molecule has 1 aliphatic heterocycles. The van der Waals surface area contributed by atoms with Crippen LogP contribution in [0.15, 0.2) is 24.3 Å². The molecule has 0 amide bonds. The van der Waals surface area contributed by atoms with Gasteiger partial charge in [-0.05, 0) is 57.0 Å². The summed E-state index contributed by atoms with van der Waals surface area (Å²) < 4.78 is 5.16. The molecular weight excluding hydrogens is 264 g/mol. The van der Waals surface area contributed by atoms with E-state index in [1.807, 2.05) is 12.1 Å². The number of rotatable bonds is 8. The molecule has 0 spiro atoms. The zero-order chi connectivity index (χ0) is 15.1. The number of aliphatic hydroxyl groups excluding tert-OH is 1. The maximum atomic E-state index is 10.1. The number of likely N-dealkylation sites (tertiary alicyclic amines) is 1. The third-order valence-corrected chi connectivity index (χ3v) is 4.07. The lowest BCUT2D eigenvalue weighted by Gasteiger charge is -2.21. The molecule has 1 saturated heterocycles. The second kappa shape index (κ2) is 8.37. The number of nitrogens with one attached hydrogen (secondary N) is 1. The van der Waals surface area contributed by atoms with E-state index >= 15 is 0 Å². The van der Waals surface area contributed by atoms with Gasteiger partial charge in [-0.3, -0.25) is 0 Å². The van der Waals surface area contributed by atoms with Gasteiger partial charge in [0.05, 0.1) is 13.2 Å². The SMILES string of the molecule is COc1ccc(CC(C)NCC(O)CN2CCCC2)cc1. The number of hydrogen-bond donors (Lipinski definition) is 2. The van der Waals surface area contributed by atoms with E-state index < -0.39 is 0 Å². The minimum atomic E-state index is -0.276. The zero-order valence-corrected chi connectivity index (χ0v) is 13.2. The second-order valence-corrected chi connectivity index (χ2v) is 6.02. The highest BCUT2D eigenvalue weighted by Crippen LogP contribution is 2.12. The summed E-state index contributed by atoms with van der Waals surface area (Å²) in [5.74, 6) is 0.889. The van der Waals surface area contributed by atoms with Crippen molar-refractivity contribution >= 4 is 0 Å². The molecule has 118 valence electrons. The van der Waals surface area contributed by atoms with Gasteiger partial charge in [-0.2, -0.15) is 0 Å². The lowest BCUT2D eigenvalue weighted by molar-refractivity contribution is 0.121. The van der Waals surface area contributed by atoms with Crippen molar-refractivity contribution in [2.45, 2.75) is 38.3 Å². The van der Waals surface area contributed by atoms with Crippen molar-refractivity contribution in [2.24, 2.45) is 0 Å². The van der Waals surface area contributed by atoms with Crippen LogP contribution in [-0.2, 0) is 6.42 Å². The highest BCUT2D eigenvalue weighted by molar-refractivity contribution is 5.27. The molecule has 0 bridgehead atoms. The molecule has 1 fully saturated rings. The second-order valence-electron chi connectivity index (χ2n) is 6.02. The molecule has 2 N–H and O–H groups in total. The summed E-state index contributed by atoms with van der Waals surface area (Å²) in [6.07, 6.45) is 3.23. The van der Waals surface area contributed by atoms with Gasteiger partial charge in [-0.1, -0.05) is 12.1 Å². The fourth-order valence-electron chi connectivity index (χ4n) is 2.85. The maximum Gasteiger partial charge on any atom is 0.118 e. The molecule has 2 unspecified atom stereocenters. The standard InChI is InChI=1S/C17H28N2O2/c1-14(11-15-5-7-17(21-2)8-6-15)18-12-16(20)13-19-9-3-4-10-19/h5-8,14,16,18,20H,3-4,9-13H2,1-2H3. The number of β-amino-alcohol motifs (C(OH)–C–C–N with tert-alkyl or cyclic N) is 1. The van der Waals surface area contributed by atoms with Crippen molar-refractivity contribution in [3.05, 3.63) is 29.8 Å². The third kappa shape index (κ3) is 5.65. The summed E-state index contributed by atoms with van der Waals surface area (Å²) in [6.45, 7) is 5.89. The molecule has 2 rings (SSSR count). The van der Waals surface area contributed by atoms with Crippen LogP contribution in [0.1, 0.15) is 25.3 Å². The van der Waals surface area contributed by atoms with E-state index in [-0.39, 0.29) is 6.10 Å². The van der Waals surface area contributed by atoms with Crippen LogP contribution >= 0.6 is 0 Å². The minimum Gasteiger partial charge on any atom is -0.497 e. The zero-order valence-electron chi connectivity index (χ0n) is 13.2. The predicted octanol–water partition coefficient (Wildman–Crippen LogP) is 1.67. The first-order chi connectivity index (χ1) is 10.2. The molecule has 0 radical (unpaired) electrons. The lowest BCUT2D eigenvalue weighted by atomic mass is 10.1. The molecule has 1 heterocycles. The quantitative estimate of drug-likeness (QED) is 0.765. The van der Waals surface area contributed by atoms with Gasteiger partial charge in [0, 0.05) is 19.1 Å². The monoisotopic (exact) mass is 292 g/mol. The molecule has 0 aliphatic carbocycles. The van der Waals surface area contributed by atoms with E-state index in [0.29, 0.717) is 12.6 Å². The smallest absolute Gasteiger partial charge is 0.118 e. The first kappa shape index (κ1) is 16.3. The van der Waals surface area contributed by atoms with Crippen molar-refractivity contribution in [1.82, 2.24) is 10.2 Å². The Morgan fingerprint density at radius 3 is 2.52 bits per heavy atom. The number of methoxy groups -OCH3 is 1. The summed E-state index contributed by atoms with van der Waals surface area (Å²) in [4.78, 5) is 2.35. The first-order valence-corrected chi connectivity index (χ1v) is 7.94. The Kier molecular flexibility index (Phi) is 6.49. The fourth-order valence-corrected chi connectivity index (χ4v) is 2.85. The molecule has 1 aromatic carbocycles. The molecule has 2 atom stereocenters. The van der Waals surface area contributed by atoms with E-state index in [1.54, 1.807) is 7.11 Å². The normalized spacial score (nSPS) is 18.6. The van der Waals surface area contributed by atoms with Gasteiger partial charge in [0.25, 0.3) is 0 Å². The van der Waals surface area contributed by atoms with Gasteiger partial charge in [-0.25, -0.2) is 0 Å². The molecule has 4 nitrogen and oxygen atoms in total. The number of hydrogen-bond acceptors (Lipinski definition) is 4. The van der Waals surface area contributed by atoms with Gasteiger partial charge in [-0.15, -0.1) is 0 Å². The third-order valence-electron chi connectivity index (χ3n) is 4.07. The van der Waals surface area contributed by atoms with Crippen molar-refractivity contribution in [2.75, 3.05) is 33.3 Å². The molecule has 21 heavy (non-hydrogen) atoms. The van der Waals surface area contributed by atoms with Gasteiger partial charge in [0.2, 0.25) is 0 Å². The van der Waals surface area contributed by atoms with Crippen LogP contribution in [0.5, 0.6) is 5.75 Å². The van der Waals surface area contributed by atoms with Gasteiger partial charge >= 0.3 is 0 Å². The van der Waals surface area contributed by atoms with Crippen molar-refractivity contribution < 1.29 is 9.84 Å². The number of ether oxygens (including phenoxy) is 1. The summed E-state index contributed by atoms with van der Waals surface area (Å²) in [5, 5.41) is 13.5. The van der Waals surface area contributed by atoms with Gasteiger partial charge in [0.1, 0.15) is 5.75 Å². The molecule has 0 saturated carbocycles. The minimum absolute atomic E-state index is 0.276. The van der Waals surface area contributed by atoms with Crippen LogP contribution in [0.2, 0.25) is 0 Å². The number of benzene rings is 1. The Balaban J connectivity index is 1.67. The molecular formula is C17H28N2O2. The largest absolute Gasteiger partial charge is 0.497 e. The van der Waals surface area contributed by atoms with Crippen LogP contribution < -0.4 is 10.1 Å². The van der Waals surface area contributed by atoms with E-state index in [2.05, 4.69) is 29.3 Å². The van der Waals surface area contributed by atoms with Crippen LogP contribution in [0.25, 0.3) is 0 Å². The molecule has 0 aromatic heterocycles. The summed E-state index contributed by atoms with van der Waals surface area (Å²) >= 11 is 0. The van der Waals surface area contributed by atoms with E-state index in [1.165, 1.54) is 18.4 Å². The average Bonchev–Trinajstić information content (AvgIpc) is 2.99. The Morgan fingerprint density at radius 2 is 1.90 bits per heavy atom. The Hall–Kier alpha value is -1.10. The summed E-state index contributed by atoms with van der Waals surface area (Å²) in [7, 11) is 1.68.